The maximum atomic E-state index is 11.5. The number of hydrogen-bond acceptors (Lipinski definition) is 3. The van der Waals surface area contributed by atoms with Gasteiger partial charge in [0, 0.05) is 25.5 Å². The molecule has 106 valence electrons. The van der Waals surface area contributed by atoms with Crippen LogP contribution in [0, 0.1) is 0 Å². The number of amides is 2. The monoisotopic (exact) mass is 267 g/mol. The molecule has 0 atom stereocenters. The lowest BCUT2D eigenvalue weighted by Crippen LogP contribution is -2.38. The number of nitrogens with one attached hydrogen (secondary N) is 3. The molecule has 0 aliphatic heterocycles. The zero-order valence-corrected chi connectivity index (χ0v) is 11.6. The largest absolute Gasteiger partial charge is 0.444 e. The lowest BCUT2D eigenvalue weighted by atomic mass is 10.2. The summed E-state index contributed by atoms with van der Waals surface area (Å²) in [7, 11) is 0. The van der Waals surface area contributed by atoms with Crippen LogP contribution < -0.4 is 10.6 Å². The quantitative estimate of drug-likeness (QED) is 0.701. The minimum absolute atomic E-state index is 0.0782. The Morgan fingerprint density at radius 1 is 1.26 bits per heavy atom. The SMILES string of the molecule is CC(C)(C)OC(=O)NCCNC(=O)Cc1cc[nH]c1. The molecule has 0 saturated carbocycles. The fourth-order valence-corrected chi connectivity index (χ4v) is 1.40. The molecule has 0 aromatic carbocycles. The average molecular weight is 267 g/mol. The number of alkyl carbamates (subject to hydrolysis) is 1. The summed E-state index contributed by atoms with van der Waals surface area (Å²) in [5, 5.41) is 5.29. The van der Waals surface area contributed by atoms with E-state index in [2.05, 4.69) is 15.6 Å². The second kappa shape index (κ2) is 6.82. The highest BCUT2D eigenvalue weighted by Gasteiger charge is 2.15. The van der Waals surface area contributed by atoms with Crippen LogP contribution >= 0.6 is 0 Å². The Balaban J connectivity index is 2.10. The van der Waals surface area contributed by atoms with E-state index in [0.717, 1.165) is 5.56 Å². The Labute approximate surface area is 112 Å². The molecule has 19 heavy (non-hydrogen) atoms. The van der Waals surface area contributed by atoms with Crippen molar-refractivity contribution in [3.05, 3.63) is 24.0 Å². The van der Waals surface area contributed by atoms with Gasteiger partial charge in [0.2, 0.25) is 5.91 Å². The molecular formula is C13H21N3O3. The molecule has 1 rings (SSSR count). The van der Waals surface area contributed by atoms with Crippen molar-refractivity contribution in [2.75, 3.05) is 13.1 Å². The van der Waals surface area contributed by atoms with Gasteiger partial charge in [-0.05, 0) is 32.4 Å². The Morgan fingerprint density at radius 3 is 2.53 bits per heavy atom. The second-order valence-electron chi connectivity index (χ2n) is 5.17. The minimum Gasteiger partial charge on any atom is -0.444 e. The Bertz CT molecular complexity index is 407. The smallest absolute Gasteiger partial charge is 0.407 e. The number of aromatic amines is 1. The molecular weight excluding hydrogens is 246 g/mol. The first-order valence-corrected chi connectivity index (χ1v) is 6.22. The van der Waals surface area contributed by atoms with Crippen molar-refractivity contribution in [3.8, 4) is 0 Å². The van der Waals surface area contributed by atoms with Crippen LogP contribution in [0.3, 0.4) is 0 Å². The van der Waals surface area contributed by atoms with Crippen LogP contribution in [-0.4, -0.2) is 35.7 Å². The van der Waals surface area contributed by atoms with Gasteiger partial charge in [-0.15, -0.1) is 0 Å². The number of aromatic nitrogens is 1. The summed E-state index contributed by atoms with van der Waals surface area (Å²) in [6, 6.07) is 1.85. The zero-order valence-electron chi connectivity index (χ0n) is 11.6. The molecule has 6 heteroatoms. The molecule has 0 bridgehead atoms. The van der Waals surface area contributed by atoms with Crippen molar-refractivity contribution < 1.29 is 14.3 Å². The number of H-pyrrole nitrogens is 1. The van der Waals surface area contributed by atoms with Crippen LogP contribution in [-0.2, 0) is 16.0 Å². The highest BCUT2D eigenvalue weighted by molar-refractivity contribution is 5.78. The summed E-state index contributed by atoms with van der Waals surface area (Å²) in [5.41, 5.74) is 0.416. The van der Waals surface area contributed by atoms with E-state index in [-0.39, 0.29) is 5.91 Å². The number of rotatable bonds is 5. The van der Waals surface area contributed by atoms with E-state index < -0.39 is 11.7 Å². The van der Waals surface area contributed by atoms with Crippen LogP contribution in [0.15, 0.2) is 18.5 Å². The van der Waals surface area contributed by atoms with Crippen molar-refractivity contribution in [2.24, 2.45) is 0 Å². The maximum Gasteiger partial charge on any atom is 0.407 e. The molecule has 0 aliphatic rings. The molecule has 3 N–H and O–H groups in total. The van der Waals surface area contributed by atoms with Gasteiger partial charge in [0.1, 0.15) is 5.60 Å². The van der Waals surface area contributed by atoms with Gasteiger partial charge < -0.3 is 20.4 Å². The average Bonchev–Trinajstić information content (AvgIpc) is 2.74. The van der Waals surface area contributed by atoms with E-state index in [4.69, 9.17) is 4.74 Å². The first-order valence-electron chi connectivity index (χ1n) is 6.22. The predicted molar refractivity (Wildman–Crippen MR) is 71.7 cm³/mol. The summed E-state index contributed by atoms with van der Waals surface area (Å²) in [6.45, 7) is 6.11. The normalized spacial score (nSPS) is 10.9. The van der Waals surface area contributed by atoms with Crippen molar-refractivity contribution in [2.45, 2.75) is 32.8 Å². The van der Waals surface area contributed by atoms with Gasteiger partial charge in [-0.25, -0.2) is 4.79 Å². The highest BCUT2D eigenvalue weighted by Crippen LogP contribution is 2.05. The summed E-state index contributed by atoms with van der Waals surface area (Å²) >= 11 is 0. The van der Waals surface area contributed by atoms with Crippen molar-refractivity contribution in [1.82, 2.24) is 15.6 Å². The van der Waals surface area contributed by atoms with Crippen LogP contribution in [0.5, 0.6) is 0 Å². The molecule has 0 unspecified atom stereocenters. The van der Waals surface area contributed by atoms with E-state index in [1.165, 1.54) is 0 Å². The molecule has 0 radical (unpaired) electrons. The van der Waals surface area contributed by atoms with Crippen molar-refractivity contribution >= 4 is 12.0 Å². The van der Waals surface area contributed by atoms with E-state index in [0.29, 0.717) is 19.5 Å². The molecule has 1 heterocycles. The van der Waals surface area contributed by atoms with E-state index in [1.54, 1.807) is 33.2 Å². The molecule has 0 aliphatic carbocycles. The third-order valence-corrected chi connectivity index (χ3v) is 2.14. The summed E-state index contributed by atoms with van der Waals surface area (Å²) in [5.74, 6) is -0.0782. The van der Waals surface area contributed by atoms with Gasteiger partial charge in [-0.2, -0.15) is 0 Å². The summed E-state index contributed by atoms with van der Waals surface area (Å²) < 4.78 is 5.06. The van der Waals surface area contributed by atoms with Gasteiger partial charge >= 0.3 is 6.09 Å². The second-order valence-corrected chi connectivity index (χ2v) is 5.17. The van der Waals surface area contributed by atoms with E-state index >= 15 is 0 Å². The number of ether oxygens (including phenoxy) is 1. The fourth-order valence-electron chi connectivity index (χ4n) is 1.40. The summed E-state index contributed by atoms with van der Waals surface area (Å²) in [4.78, 5) is 25.7. The van der Waals surface area contributed by atoms with Crippen LogP contribution in [0.2, 0.25) is 0 Å². The zero-order chi connectivity index (χ0) is 14.3. The van der Waals surface area contributed by atoms with Crippen LogP contribution in [0.1, 0.15) is 26.3 Å². The van der Waals surface area contributed by atoms with E-state index in [9.17, 15) is 9.59 Å². The lowest BCUT2D eigenvalue weighted by Gasteiger charge is -2.19. The third kappa shape index (κ3) is 7.13. The first kappa shape index (κ1) is 15.1. The molecule has 0 spiro atoms. The third-order valence-electron chi connectivity index (χ3n) is 2.14. The molecule has 2 amide bonds. The Hall–Kier alpha value is -1.98. The Kier molecular flexibility index (Phi) is 5.41. The topological polar surface area (TPSA) is 83.2 Å². The highest BCUT2D eigenvalue weighted by atomic mass is 16.6. The van der Waals surface area contributed by atoms with Gasteiger partial charge in [0.15, 0.2) is 0 Å². The predicted octanol–water partition coefficient (Wildman–Crippen LogP) is 1.20. The maximum absolute atomic E-state index is 11.5. The molecule has 0 fully saturated rings. The number of carbonyl (C=O) groups excluding carboxylic acids is 2. The molecule has 1 aromatic rings. The standard InChI is InChI=1S/C13H21N3O3/c1-13(2,3)19-12(18)16-7-6-15-11(17)8-10-4-5-14-9-10/h4-5,9,14H,6-8H2,1-3H3,(H,15,17)(H,16,18). The summed E-state index contributed by atoms with van der Waals surface area (Å²) in [6.07, 6.45) is 3.40. The molecule has 6 nitrogen and oxygen atoms in total. The van der Waals surface area contributed by atoms with Gasteiger partial charge in [0.05, 0.1) is 6.42 Å². The molecule has 0 saturated heterocycles. The minimum atomic E-state index is -0.512. The van der Waals surface area contributed by atoms with Gasteiger partial charge in [-0.3, -0.25) is 4.79 Å². The van der Waals surface area contributed by atoms with Gasteiger partial charge in [-0.1, -0.05) is 0 Å². The van der Waals surface area contributed by atoms with Crippen molar-refractivity contribution in [3.63, 3.8) is 0 Å². The van der Waals surface area contributed by atoms with Crippen LogP contribution in [0.25, 0.3) is 0 Å². The Morgan fingerprint density at radius 2 is 1.95 bits per heavy atom. The fraction of sp³-hybridized carbons (Fsp3) is 0.538. The van der Waals surface area contributed by atoms with Gasteiger partial charge in [0.25, 0.3) is 0 Å². The molecule has 1 aromatic heterocycles. The van der Waals surface area contributed by atoms with Crippen LogP contribution in [0.4, 0.5) is 4.79 Å². The first-order chi connectivity index (χ1) is 8.87. The lowest BCUT2D eigenvalue weighted by molar-refractivity contribution is -0.120. The number of hydrogen-bond donors (Lipinski definition) is 3. The van der Waals surface area contributed by atoms with E-state index in [1.807, 2.05) is 6.07 Å². The number of carbonyl (C=O) groups is 2. The van der Waals surface area contributed by atoms with Crippen molar-refractivity contribution in [1.29, 1.82) is 0 Å².